The third-order valence-corrected chi connectivity index (χ3v) is 8.04. The van der Waals surface area contributed by atoms with Crippen molar-refractivity contribution >= 4 is 29.8 Å². The fraction of sp³-hybridized carbons (Fsp3) is 0.378. The first-order valence-electron chi connectivity index (χ1n) is 16.5. The molecule has 1 amide bonds. The lowest BCUT2D eigenvalue weighted by Crippen LogP contribution is -2.45. The first-order valence-corrected chi connectivity index (χ1v) is 16.5. The van der Waals surface area contributed by atoms with Crippen LogP contribution >= 0.6 is 0 Å². The lowest BCUT2D eigenvalue weighted by Gasteiger charge is -2.32. The number of carboxylic acid groups (broad SMARTS) is 2. The Morgan fingerprint density at radius 1 is 0.808 bits per heavy atom. The maximum atomic E-state index is 12.2. The van der Waals surface area contributed by atoms with Crippen LogP contribution in [0.5, 0.6) is 5.75 Å². The molecule has 4 rings (SSSR count). The van der Waals surface area contributed by atoms with E-state index in [9.17, 15) is 47.4 Å². The SMILES string of the molecule is CCN(CCN1CCCCC1=O)C(C)Cc1ccc(OC(F)(F)F)cc1.O=C(O[C@@H](C(=O)O)[C@@H](OC(=O)c1ccccc1)C(=O)O)c1ccccc1. The Balaban J connectivity index is 0.000000280. The van der Waals surface area contributed by atoms with E-state index in [0.29, 0.717) is 6.42 Å². The molecule has 1 fully saturated rings. The standard InChI is InChI=1S/C19H27F3N2O2.C18H14O8/c1-3-23(12-13-24-11-5-4-6-18(24)25)15(2)14-16-7-9-17(10-8-16)26-19(20,21)22;19-15(20)13(25-17(23)11-7-3-1-4-8-11)14(16(21)22)26-18(24)12-9-5-2-6-10-12/h7-10,15H,3-6,11-14H2,1-2H3;1-10,13-14H,(H,19,20)(H,21,22)/t;13-,14-/m.1/s1. The summed E-state index contributed by atoms with van der Waals surface area (Å²) < 4.78 is 50.1. The van der Waals surface area contributed by atoms with Crippen molar-refractivity contribution in [2.75, 3.05) is 26.2 Å². The van der Waals surface area contributed by atoms with Crippen LogP contribution in [0, 0.1) is 0 Å². The fourth-order valence-electron chi connectivity index (χ4n) is 5.33. The van der Waals surface area contributed by atoms with Gasteiger partial charge in [-0.15, -0.1) is 13.2 Å². The van der Waals surface area contributed by atoms with Crippen molar-refractivity contribution in [2.45, 2.75) is 64.1 Å². The molecule has 0 saturated carbocycles. The fourth-order valence-corrected chi connectivity index (χ4v) is 5.33. The topological polar surface area (TPSA) is 160 Å². The molecule has 3 aromatic rings. The van der Waals surface area contributed by atoms with Crippen LogP contribution in [0.25, 0.3) is 0 Å². The molecule has 0 radical (unpaired) electrons. The summed E-state index contributed by atoms with van der Waals surface area (Å²) in [6, 6.07) is 21.1. The molecule has 0 spiro atoms. The molecule has 280 valence electrons. The Morgan fingerprint density at radius 2 is 1.31 bits per heavy atom. The monoisotopic (exact) mass is 730 g/mol. The molecule has 0 bridgehead atoms. The number of amides is 1. The molecular formula is C37H41F3N2O10. The number of piperidine rings is 1. The molecule has 0 aliphatic carbocycles. The van der Waals surface area contributed by atoms with Gasteiger partial charge >= 0.3 is 30.2 Å². The number of halogens is 3. The van der Waals surface area contributed by atoms with Gasteiger partial charge in [-0.25, -0.2) is 19.2 Å². The summed E-state index contributed by atoms with van der Waals surface area (Å²) in [5.41, 5.74) is 1.01. The van der Waals surface area contributed by atoms with E-state index in [-0.39, 0.29) is 28.8 Å². The summed E-state index contributed by atoms with van der Waals surface area (Å²) >= 11 is 0. The van der Waals surface area contributed by atoms with E-state index in [0.717, 1.165) is 51.0 Å². The van der Waals surface area contributed by atoms with E-state index in [2.05, 4.69) is 23.5 Å². The van der Waals surface area contributed by atoms with Crippen molar-refractivity contribution < 1.29 is 61.6 Å². The van der Waals surface area contributed by atoms with E-state index >= 15 is 0 Å². The van der Waals surface area contributed by atoms with Crippen LogP contribution in [0.1, 0.15) is 59.4 Å². The largest absolute Gasteiger partial charge is 0.573 e. The van der Waals surface area contributed by atoms with Crippen molar-refractivity contribution in [3.8, 4) is 5.75 Å². The van der Waals surface area contributed by atoms with Gasteiger partial charge in [0, 0.05) is 32.1 Å². The average Bonchev–Trinajstić information content (AvgIpc) is 3.11. The molecule has 12 nitrogen and oxygen atoms in total. The van der Waals surface area contributed by atoms with Gasteiger partial charge in [0.05, 0.1) is 11.1 Å². The smallest absolute Gasteiger partial charge is 0.478 e. The van der Waals surface area contributed by atoms with Crippen LogP contribution in [-0.2, 0) is 30.3 Å². The number of aliphatic carboxylic acids is 2. The Morgan fingerprint density at radius 3 is 1.73 bits per heavy atom. The van der Waals surface area contributed by atoms with Crippen LogP contribution in [0.15, 0.2) is 84.9 Å². The molecule has 3 atom stereocenters. The second-order valence-electron chi connectivity index (χ2n) is 11.8. The van der Waals surface area contributed by atoms with E-state index in [4.69, 9.17) is 9.47 Å². The number of carbonyl (C=O) groups excluding carboxylic acids is 3. The maximum Gasteiger partial charge on any atom is 0.573 e. The second-order valence-corrected chi connectivity index (χ2v) is 11.8. The third-order valence-electron chi connectivity index (χ3n) is 8.04. The van der Waals surface area contributed by atoms with Gasteiger partial charge < -0.3 is 29.3 Å². The second kappa shape index (κ2) is 19.8. The van der Waals surface area contributed by atoms with Crippen LogP contribution < -0.4 is 4.74 Å². The number of benzene rings is 3. The van der Waals surface area contributed by atoms with Gasteiger partial charge in [-0.2, -0.15) is 0 Å². The minimum absolute atomic E-state index is 0.0253. The van der Waals surface area contributed by atoms with Crippen LogP contribution in [0.4, 0.5) is 13.2 Å². The molecule has 3 aromatic carbocycles. The number of likely N-dealkylation sites (N-methyl/N-ethyl adjacent to an activating group) is 1. The summed E-state index contributed by atoms with van der Waals surface area (Å²) in [7, 11) is 0. The third kappa shape index (κ3) is 13.4. The molecule has 1 heterocycles. The van der Waals surface area contributed by atoms with Gasteiger partial charge in [-0.3, -0.25) is 9.69 Å². The molecule has 15 heteroatoms. The van der Waals surface area contributed by atoms with E-state index < -0.39 is 42.4 Å². The van der Waals surface area contributed by atoms with Crippen LogP contribution in [-0.4, -0.2) is 101 Å². The average molecular weight is 731 g/mol. The quantitative estimate of drug-likeness (QED) is 0.191. The van der Waals surface area contributed by atoms with Crippen molar-refractivity contribution in [1.82, 2.24) is 9.80 Å². The summed E-state index contributed by atoms with van der Waals surface area (Å²) in [4.78, 5) is 63.0. The minimum Gasteiger partial charge on any atom is -0.478 e. The zero-order valence-electron chi connectivity index (χ0n) is 28.7. The molecule has 0 aromatic heterocycles. The molecular weight excluding hydrogens is 689 g/mol. The number of carboxylic acids is 2. The Hall–Kier alpha value is -5.44. The first kappa shape index (κ1) is 41.0. The van der Waals surface area contributed by atoms with Gasteiger partial charge in [-0.1, -0.05) is 55.5 Å². The van der Waals surface area contributed by atoms with Gasteiger partial charge in [0.15, 0.2) is 0 Å². The van der Waals surface area contributed by atoms with Crippen molar-refractivity contribution in [1.29, 1.82) is 0 Å². The predicted octanol–water partition coefficient (Wildman–Crippen LogP) is 5.46. The number of nitrogens with zero attached hydrogens (tertiary/aromatic N) is 2. The zero-order valence-corrected chi connectivity index (χ0v) is 28.7. The molecule has 52 heavy (non-hydrogen) atoms. The van der Waals surface area contributed by atoms with Gasteiger partial charge in [0.25, 0.3) is 0 Å². The van der Waals surface area contributed by atoms with E-state index in [1.165, 1.54) is 60.7 Å². The predicted molar refractivity (Wildman–Crippen MR) is 181 cm³/mol. The Bertz CT molecular complexity index is 1550. The van der Waals surface area contributed by atoms with Crippen molar-refractivity contribution in [3.63, 3.8) is 0 Å². The van der Waals surface area contributed by atoms with Crippen molar-refractivity contribution in [3.05, 3.63) is 102 Å². The number of alkyl halides is 3. The Labute approximate surface area is 298 Å². The molecule has 2 N–H and O–H groups in total. The number of rotatable bonds is 15. The number of esters is 2. The summed E-state index contributed by atoms with van der Waals surface area (Å²) in [6.45, 7) is 7.41. The van der Waals surface area contributed by atoms with Gasteiger partial charge in [-0.05, 0) is 74.7 Å². The number of carbonyl (C=O) groups is 5. The van der Waals surface area contributed by atoms with E-state index in [1.807, 2.05) is 4.90 Å². The molecule has 1 saturated heterocycles. The molecule has 1 aliphatic rings. The number of ether oxygens (including phenoxy) is 3. The maximum absolute atomic E-state index is 12.2. The highest BCUT2D eigenvalue weighted by Crippen LogP contribution is 2.23. The highest BCUT2D eigenvalue weighted by atomic mass is 19.4. The lowest BCUT2D eigenvalue weighted by molar-refractivity contribution is -0.274. The normalized spacial score (nSPS) is 14.7. The van der Waals surface area contributed by atoms with E-state index in [1.54, 1.807) is 24.3 Å². The molecule has 1 aliphatic heterocycles. The van der Waals surface area contributed by atoms with Gasteiger partial charge in [0.2, 0.25) is 18.1 Å². The Kier molecular flexibility index (Phi) is 15.6. The van der Waals surface area contributed by atoms with Crippen LogP contribution in [0.3, 0.4) is 0 Å². The van der Waals surface area contributed by atoms with Gasteiger partial charge in [0.1, 0.15) is 5.75 Å². The summed E-state index contributed by atoms with van der Waals surface area (Å²) in [5.74, 6) is -5.60. The highest BCUT2D eigenvalue weighted by Gasteiger charge is 2.41. The van der Waals surface area contributed by atoms with Crippen LogP contribution in [0.2, 0.25) is 0 Å². The zero-order chi connectivity index (χ0) is 38.3. The number of hydrogen-bond acceptors (Lipinski definition) is 9. The number of likely N-dealkylation sites (tertiary alicyclic amines) is 1. The first-order chi connectivity index (χ1) is 24.7. The lowest BCUT2D eigenvalue weighted by atomic mass is 10.1. The summed E-state index contributed by atoms with van der Waals surface area (Å²) in [6.07, 6.45) is -5.67. The molecule has 1 unspecified atom stereocenters. The van der Waals surface area contributed by atoms with Crippen molar-refractivity contribution in [2.24, 2.45) is 0 Å². The minimum atomic E-state index is -4.67. The summed E-state index contributed by atoms with van der Waals surface area (Å²) in [5, 5.41) is 18.5. The number of hydrogen-bond donors (Lipinski definition) is 2. The highest BCUT2D eigenvalue weighted by molar-refractivity contribution is 5.95.